The van der Waals surface area contributed by atoms with Crippen molar-refractivity contribution in [2.24, 2.45) is 0 Å². The highest BCUT2D eigenvalue weighted by Gasteiger charge is 2.28. The smallest absolute Gasteiger partial charge is 0.243 e. The summed E-state index contributed by atoms with van der Waals surface area (Å²) in [5.41, 5.74) is -0.710. The summed E-state index contributed by atoms with van der Waals surface area (Å²) in [6, 6.07) is 3.07. The molecule has 128 valence electrons. The van der Waals surface area contributed by atoms with Gasteiger partial charge in [0.15, 0.2) is 11.6 Å². The van der Waals surface area contributed by atoms with Crippen molar-refractivity contribution in [3.05, 3.63) is 29.8 Å². The first-order chi connectivity index (χ1) is 10.8. The van der Waals surface area contributed by atoms with Crippen LogP contribution in [0.3, 0.4) is 0 Å². The van der Waals surface area contributed by atoms with Crippen LogP contribution >= 0.6 is 0 Å². The number of anilines is 1. The fourth-order valence-corrected chi connectivity index (χ4v) is 3.48. The third-order valence-corrected chi connectivity index (χ3v) is 4.94. The third kappa shape index (κ3) is 4.40. The molecule has 1 aromatic carbocycles. The Kier molecular flexibility index (Phi) is 5.56. The van der Waals surface area contributed by atoms with Crippen molar-refractivity contribution in [2.75, 3.05) is 30.2 Å². The van der Waals surface area contributed by atoms with E-state index in [1.165, 1.54) is 0 Å². The zero-order valence-corrected chi connectivity index (χ0v) is 13.8. The minimum absolute atomic E-state index is 0.444. The Hall–Kier alpha value is -1.70. The minimum Gasteiger partial charge on any atom is -0.341 e. The van der Waals surface area contributed by atoms with E-state index in [9.17, 15) is 22.0 Å². The molecule has 2 rings (SSSR count). The molecule has 0 N–H and O–H groups in total. The average Bonchev–Trinajstić information content (AvgIpc) is 2.73. The fraction of sp³-hybridized carbons (Fsp3) is 0.533. The van der Waals surface area contributed by atoms with E-state index >= 15 is 0 Å². The van der Waals surface area contributed by atoms with Crippen molar-refractivity contribution in [3.8, 4) is 0 Å². The van der Waals surface area contributed by atoms with E-state index in [1.807, 2.05) is 0 Å². The summed E-state index contributed by atoms with van der Waals surface area (Å²) in [5.74, 6) is -2.47. The van der Waals surface area contributed by atoms with Crippen molar-refractivity contribution < 1.29 is 22.0 Å². The van der Waals surface area contributed by atoms with Crippen LogP contribution in [0.4, 0.5) is 14.5 Å². The second-order valence-electron chi connectivity index (χ2n) is 5.63. The Morgan fingerprint density at radius 2 is 1.65 bits per heavy atom. The van der Waals surface area contributed by atoms with Crippen LogP contribution in [0.25, 0.3) is 0 Å². The van der Waals surface area contributed by atoms with Gasteiger partial charge < -0.3 is 4.90 Å². The molecule has 0 spiro atoms. The van der Waals surface area contributed by atoms with E-state index in [0.29, 0.717) is 17.4 Å². The first kappa shape index (κ1) is 17.7. The van der Waals surface area contributed by atoms with Gasteiger partial charge in [-0.1, -0.05) is 18.9 Å². The highest BCUT2D eigenvalue weighted by Crippen LogP contribution is 2.25. The van der Waals surface area contributed by atoms with Crippen LogP contribution in [0, 0.1) is 11.6 Å². The van der Waals surface area contributed by atoms with Gasteiger partial charge in [0, 0.05) is 13.1 Å². The van der Waals surface area contributed by atoms with E-state index in [1.54, 1.807) is 4.90 Å². The number of carbonyl (C=O) groups is 1. The van der Waals surface area contributed by atoms with Gasteiger partial charge in [-0.05, 0) is 25.0 Å². The zero-order chi connectivity index (χ0) is 17.0. The predicted molar refractivity (Wildman–Crippen MR) is 83.6 cm³/mol. The van der Waals surface area contributed by atoms with Crippen LogP contribution in [0.5, 0.6) is 0 Å². The summed E-state index contributed by atoms with van der Waals surface area (Å²) >= 11 is 0. The van der Waals surface area contributed by atoms with Crippen molar-refractivity contribution in [2.45, 2.75) is 25.7 Å². The van der Waals surface area contributed by atoms with Crippen LogP contribution in [-0.2, 0) is 14.8 Å². The van der Waals surface area contributed by atoms with Gasteiger partial charge >= 0.3 is 0 Å². The summed E-state index contributed by atoms with van der Waals surface area (Å²) in [4.78, 5) is 13.9. The minimum atomic E-state index is -4.00. The Bertz CT molecular complexity index is 651. The van der Waals surface area contributed by atoms with Crippen LogP contribution in [-0.4, -0.2) is 45.1 Å². The maximum absolute atomic E-state index is 13.9. The molecule has 5 nitrogen and oxygen atoms in total. The zero-order valence-electron chi connectivity index (χ0n) is 13.0. The molecule has 0 unspecified atom stereocenters. The van der Waals surface area contributed by atoms with Crippen LogP contribution in [0.15, 0.2) is 18.2 Å². The monoisotopic (exact) mass is 346 g/mol. The Morgan fingerprint density at radius 1 is 1.13 bits per heavy atom. The molecule has 23 heavy (non-hydrogen) atoms. The van der Waals surface area contributed by atoms with Gasteiger partial charge in [0.1, 0.15) is 12.2 Å². The molecule has 1 fully saturated rings. The molecule has 1 aliphatic heterocycles. The number of nitrogens with zero attached hydrogens (tertiary/aromatic N) is 2. The van der Waals surface area contributed by atoms with Crippen molar-refractivity contribution >= 4 is 21.6 Å². The Labute approximate surface area is 134 Å². The normalized spacial score (nSPS) is 16.0. The van der Waals surface area contributed by atoms with E-state index in [2.05, 4.69) is 0 Å². The first-order valence-electron chi connectivity index (χ1n) is 7.50. The van der Waals surface area contributed by atoms with Gasteiger partial charge in [-0.2, -0.15) is 0 Å². The number of carbonyl (C=O) groups excluding carboxylic acids is 1. The van der Waals surface area contributed by atoms with Gasteiger partial charge in [-0.15, -0.1) is 0 Å². The molecule has 1 aromatic rings. The van der Waals surface area contributed by atoms with Gasteiger partial charge in [0.25, 0.3) is 0 Å². The molecule has 1 amide bonds. The quantitative estimate of drug-likeness (QED) is 0.839. The molecule has 0 aromatic heterocycles. The largest absolute Gasteiger partial charge is 0.341 e. The van der Waals surface area contributed by atoms with Crippen LogP contribution in [0.2, 0.25) is 0 Å². The molecule has 1 aliphatic rings. The summed E-state index contributed by atoms with van der Waals surface area (Å²) in [7, 11) is -4.00. The molecule has 0 aliphatic carbocycles. The van der Waals surface area contributed by atoms with Gasteiger partial charge in [-0.25, -0.2) is 17.2 Å². The lowest BCUT2D eigenvalue weighted by atomic mass is 10.2. The second kappa shape index (κ2) is 7.25. The van der Waals surface area contributed by atoms with Crippen molar-refractivity contribution in [1.29, 1.82) is 0 Å². The Balaban J connectivity index is 2.28. The topological polar surface area (TPSA) is 57.7 Å². The number of hydrogen-bond donors (Lipinski definition) is 0. The summed E-state index contributed by atoms with van der Waals surface area (Å²) in [6.45, 7) is 0.475. The standard InChI is InChI=1S/C15H20F2N2O3S/c1-23(21,22)19(15-12(16)7-6-8-13(15)17)11-14(20)18-9-4-2-3-5-10-18/h6-8H,2-5,9-11H2,1H3. The number of hydrogen-bond acceptors (Lipinski definition) is 3. The van der Waals surface area contributed by atoms with E-state index < -0.39 is 39.8 Å². The van der Waals surface area contributed by atoms with Crippen molar-refractivity contribution in [3.63, 3.8) is 0 Å². The van der Waals surface area contributed by atoms with Gasteiger partial charge in [-0.3, -0.25) is 9.10 Å². The highest BCUT2D eigenvalue weighted by atomic mass is 32.2. The molecule has 0 radical (unpaired) electrons. The lowest BCUT2D eigenvalue weighted by Crippen LogP contribution is -2.43. The summed E-state index contributed by atoms with van der Waals surface area (Å²) < 4.78 is 52.2. The number of halogens is 2. The first-order valence-corrected chi connectivity index (χ1v) is 9.35. The summed E-state index contributed by atoms with van der Waals surface area (Å²) in [6.07, 6.45) is 4.55. The maximum atomic E-state index is 13.9. The average molecular weight is 346 g/mol. The third-order valence-electron chi connectivity index (χ3n) is 3.82. The van der Waals surface area contributed by atoms with Gasteiger partial charge in [0.05, 0.1) is 6.26 Å². The van der Waals surface area contributed by atoms with E-state index in [4.69, 9.17) is 0 Å². The SMILES string of the molecule is CS(=O)(=O)N(CC(=O)N1CCCCCC1)c1c(F)cccc1F. The van der Waals surface area contributed by atoms with Crippen LogP contribution < -0.4 is 4.31 Å². The molecule has 1 heterocycles. The Morgan fingerprint density at radius 3 is 2.13 bits per heavy atom. The molecule has 0 saturated carbocycles. The summed E-state index contributed by atoms with van der Waals surface area (Å²) in [5, 5.41) is 0. The molecular weight excluding hydrogens is 326 g/mol. The van der Waals surface area contributed by atoms with Gasteiger partial charge in [0.2, 0.25) is 15.9 Å². The molecule has 0 bridgehead atoms. The number of amides is 1. The molecular formula is C15H20F2N2O3S. The predicted octanol–water partition coefficient (Wildman–Crippen LogP) is 2.13. The number of benzene rings is 1. The lowest BCUT2D eigenvalue weighted by Gasteiger charge is -2.27. The molecule has 0 atom stereocenters. The highest BCUT2D eigenvalue weighted by molar-refractivity contribution is 7.92. The molecule has 8 heteroatoms. The number of rotatable bonds is 4. The number of likely N-dealkylation sites (tertiary alicyclic amines) is 1. The molecule has 1 saturated heterocycles. The fourth-order valence-electron chi connectivity index (χ4n) is 2.63. The maximum Gasteiger partial charge on any atom is 0.243 e. The van der Waals surface area contributed by atoms with E-state index in [0.717, 1.165) is 50.1 Å². The van der Waals surface area contributed by atoms with E-state index in [-0.39, 0.29) is 0 Å². The second-order valence-corrected chi connectivity index (χ2v) is 7.54. The number of sulfonamides is 1. The van der Waals surface area contributed by atoms with Crippen LogP contribution in [0.1, 0.15) is 25.7 Å². The lowest BCUT2D eigenvalue weighted by molar-refractivity contribution is -0.129. The number of para-hydroxylation sites is 1. The van der Waals surface area contributed by atoms with Crippen molar-refractivity contribution in [1.82, 2.24) is 4.90 Å².